The lowest BCUT2D eigenvalue weighted by molar-refractivity contribution is 0.146. The van der Waals surface area contributed by atoms with Crippen molar-refractivity contribution in [3.05, 3.63) is 29.3 Å². The van der Waals surface area contributed by atoms with E-state index in [1.807, 2.05) is 19.1 Å². The van der Waals surface area contributed by atoms with E-state index in [1.54, 1.807) is 6.07 Å². The summed E-state index contributed by atoms with van der Waals surface area (Å²) in [6, 6.07) is 5.54. The van der Waals surface area contributed by atoms with Crippen molar-refractivity contribution in [2.24, 2.45) is 5.92 Å². The number of nitrogens with one attached hydrogen (secondary N) is 1. The third-order valence-electron chi connectivity index (χ3n) is 2.67. The van der Waals surface area contributed by atoms with Crippen molar-refractivity contribution in [1.82, 2.24) is 5.32 Å². The van der Waals surface area contributed by atoms with Gasteiger partial charge in [0.15, 0.2) is 0 Å². The van der Waals surface area contributed by atoms with Crippen LogP contribution in [0.25, 0.3) is 0 Å². The molecule has 1 atom stereocenters. The predicted octanol–water partition coefficient (Wildman–Crippen LogP) is 2.20. The molecule has 3 heteroatoms. The predicted molar refractivity (Wildman–Crippen MR) is 70.0 cm³/mol. The number of benzene rings is 1. The monoisotopic (exact) mass is 237 g/mol. The molecular weight excluding hydrogens is 214 g/mol. The maximum atomic E-state index is 9.70. The molecule has 0 saturated carbocycles. The lowest BCUT2D eigenvalue weighted by Crippen LogP contribution is -2.27. The molecule has 0 saturated heterocycles. The van der Waals surface area contributed by atoms with Crippen LogP contribution in [0.2, 0.25) is 0 Å². The van der Waals surface area contributed by atoms with Crippen molar-refractivity contribution in [1.29, 1.82) is 0 Å². The molecule has 3 N–H and O–H groups in total. The molecule has 0 heterocycles. The standard InChI is InChI=1S/C14H23NO2/c1-10(2)6-13(16)9-15-8-12-7-11(3)4-5-14(12)17/h4-5,7,10,13,15-17H,6,8-9H2,1-3H3. The molecular formula is C14H23NO2. The first-order valence-electron chi connectivity index (χ1n) is 6.16. The SMILES string of the molecule is Cc1ccc(O)c(CNCC(O)CC(C)C)c1. The molecule has 1 unspecified atom stereocenters. The molecule has 96 valence electrons. The van der Waals surface area contributed by atoms with Gasteiger partial charge in [-0.15, -0.1) is 0 Å². The van der Waals surface area contributed by atoms with Gasteiger partial charge in [-0.2, -0.15) is 0 Å². The van der Waals surface area contributed by atoms with Crippen LogP contribution in [0.5, 0.6) is 5.75 Å². The molecule has 3 nitrogen and oxygen atoms in total. The van der Waals surface area contributed by atoms with Crippen LogP contribution >= 0.6 is 0 Å². The van der Waals surface area contributed by atoms with Crippen LogP contribution in [0.1, 0.15) is 31.4 Å². The second kappa shape index (κ2) is 6.62. The van der Waals surface area contributed by atoms with E-state index < -0.39 is 0 Å². The molecule has 1 rings (SSSR count). The molecule has 0 amide bonds. The van der Waals surface area contributed by atoms with Gasteiger partial charge in [-0.25, -0.2) is 0 Å². The van der Waals surface area contributed by atoms with Crippen LogP contribution in [0.4, 0.5) is 0 Å². The largest absolute Gasteiger partial charge is 0.508 e. The molecule has 0 spiro atoms. The molecule has 17 heavy (non-hydrogen) atoms. The molecule has 0 aliphatic carbocycles. The molecule has 1 aromatic rings. The Labute approximate surface area is 103 Å². The number of aliphatic hydroxyl groups is 1. The van der Waals surface area contributed by atoms with Crippen molar-refractivity contribution in [3.8, 4) is 5.75 Å². The van der Waals surface area contributed by atoms with Crippen LogP contribution in [0.3, 0.4) is 0 Å². The third kappa shape index (κ3) is 5.20. The fraction of sp³-hybridized carbons (Fsp3) is 0.571. The first-order chi connectivity index (χ1) is 7.99. The maximum absolute atomic E-state index is 9.70. The molecule has 0 aliphatic heterocycles. The van der Waals surface area contributed by atoms with E-state index in [9.17, 15) is 10.2 Å². The Morgan fingerprint density at radius 1 is 1.29 bits per heavy atom. The first kappa shape index (κ1) is 14.0. The normalized spacial score (nSPS) is 13.0. The van der Waals surface area contributed by atoms with Gasteiger partial charge in [0.1, 0.15) is 5.75 Å². The lowest BCUT2D eigenvalue weighted by atomic mass is 10.1. The summed E-state index contributed by atoms with van der Waals surface area (Å²) < 4.78 is 0. The van der Waals surface area contributed by atoms with Gasteiger partial charge in [0.2, 0.25) is 0 Å². The van der Waals surface area contributed by atoms with Crippen molar-refractivity contribution in [2.45, 2.75) is 39.8 Å². The molecule has 0 aromatic heterocycles. The second-order valence-electron chi connectivity index (χ2n) is 5.05. The van der Waals surface area contributed by atoms with Gasteiger partial charge in [-0.05, 0) is 25.3 Å². The summed E-state index contributed by atoms with van der Waals surface area (Å²) in [5, 5.41) is 22.5. The lowest BCUT2D eigenvalue weighted by Gasteiger charge is -2.14. The van der Waals surface area contributed by atoms with E-state index >= 15 is 0 Å². The van der Waals surface area contributed by atoms with Crippen LogP contribution in [-0.2, 0) is 6.54 Å². The highest BCUT2D eigenvalue weighted by Crippen LogP contribution is 2.17. The molecule has 0 bridgehead atoms. The Hall–Kier alpha value is -1.06. The zero-order valence-corrected chi connectivity index (χ0v) is 10.9. The van der Waals surface area contributed by atoms with Gasteiger partial charge in [-0.1, -0.05) is 31.5 Å². The number of phenolic OH excluding ortho intramolecular Hbond substituents is 1. The maximum Gasteiger partial charge on any atom is 0.120 e. The van der Waals surface area contributed by atoms with Gasteiger partial charge in [0.25, 0.3) is 0 Å². The molecule has 1 aromatic carbocycles. The van der Waals surface area contributed by atoms with E-state index in [4.69, 9.17) is 0 Å². The number of hydrogen-bond donors (Lipinski definition) is 3. The van der Waals surface area contributed by atoms with Crippen LogP contribution in [0, 0.1) is 12.8 Å². The van der Waals surface area contributed by atoms with Crippen LogP contribution in [0.15, 0.2) is 18.2 Å². The van der Waals surface area contributed by atoms with Gasteiger partial charge < -0.3 is 15.5 Å². The van der Waals surface area contributed by atoms with Crippen molar-refractivity contribution >= 4 is 0 Å². The zero-order chi connectivity index (χ0) is 12.8. The van der Waals surface area contributed by atoms with E-state index in [0.717, 1.165) is 17.5 Å². The summed E-state index contributed by atoms with van der Waals surface area (Å²) in [5.41, 5.74) is 2.00. The highest BCUT2D eigenvalue weighted by molar-refractivity contribution is 5.35. The summed E-state index contributed by atoms with van der Waals surface area (Å²) in [6.45, 7) is 7.33. The summed E-state index contributed by atoms with van der Waals surface area (Å²) in [4.78, 5) is 0. The first-order valence-corrected chi connectivity index (χ1v) is 6.16. The zero-order valence-electron chi connectivity index (χ0n) is 10.9. The number of phenols is 1. The summed E-state index contributed by atoms with van der Waals surface area (Å²) in [7, 11) is 0. The topological polar surface area (TPSA) is 52.5 Å². The molecule has 0 aliphatic rings. The minimum absolute atomic E-state index is 0.307. The average Bonchev–Trinajstić information content (AvgIpc) is 2.22. The van der Waals surface area contributed by atoms with Crippen molar-refractivity contribution in [3.63, 3.8) is 0 Å². The third-order valence-corrected chi connectivity index (χ3v) is 2.67. The summed E-state index contributed by atoms with van der Waals surface area (Å²) >= 11 is 0. The number of hydrogen-bond acceptors (Lipinski definition) is 3. The van der Waals surface area contributed by atoms with Gasteiger partial charge in [0, 0.05) is 18.7 Å². The highest BCUT2D eigenvalue weighted by Gasteiger charge is 2.07. The van der Waals surface area contributed by atoms with E-state index in [-0.39, 0.29) is 6.10 Å². The van der Waals surface area contributed by atoms with Crippen LogP contribution < -0.4 is 5.32 Å². The van der Waals surface area contributed by atoms with E-state index in [2.05, 4.69) is 19.2 Å². The molecule has 0 radical (unpaired) electrons. The van der Waals surface area contributed by atoms with Crippen molar-refractivity contribution < 1.29 is 10.2 Å². The smallest absolute Gasteiger partial charge is 0.120 e. The number of aryl methyl sites for hydroxylation is 1. The fourth-order valence-electron chi connectivity index (χ4n) is 1.86. The van der Waals surface area contributed by atoms with E-state index in [1.165, 1.54) is 0 Å². The Morgan fingerprint density at radius 3 is 2.65 bits per heavy atom. The average molecular weight is 237 g/mol. The summed E-state index contributed by atoms with van der Waals surface area (Å²) in [6.07, 6.45) is 0.481. The Balaban J connectivity index is 2.38. The Bertz CT molecular complexity index is 350. The number of rotatable bonds is 6. The highest BCUT2D eigenvalue weighted by atomic mass is 16.3. The number of aromatic hydroxyl groups is 1. The minimum Gasteiger partial charge on any atom is -0.508 e. The fourth-order valence-corrected chi connectivity index (χ4v) is 1.86. The summed E-state index contributed by atoms with van der Waals surface area (Å²) in [5.74, 6) is 0.806. The van der Waals surface area contributed by atoms with Gasteiger partial charge in [-0.3, -0.25) is 0 Å². The minimum atomic E-state index is -0.318. The number of aliphatic hydroxyl groups excluding tert-OH is 1. The molecule has 0 fully saturated rings. The quantitative estimate of drug-likeness (QED) is 0.711. The van der Waals surface area contributed by atoms with Crippen molar-refractivity contribution in [2.75, 3.05) is 6.54 Å². The van der Waals surface area contributed by atoms with E-state index in [0.29, 0.717) is 24.8 Å². The van der Waals surface area contributed by atoms with Gasteiger partial charge in [0.05, 0.1) is 6.10 Å². The second-order valence-corrected chi connectivity index (χ2v) is 5.05. The Kier molecular flexibility index (Phi) is 5.45. The van der Waals surface area contributed by atoms with Crippen LogP contribution in [-0.4, -0.2) is 22.9 Å². The Morgan fingerprint density at radius 2 is 2.00 bits per heavy atom. The van der Waals surface area contributed by atoms with Gasteiger partial charge >= 0.3 is 0 Å².